The highest BCUT2D eigenvalue weighted by molar-refractivity contribution is 5.14. The van der Waals surface area contributed by atoms with Gasteiger partial charge >= 0.3 is 0 Å². The van der Waals surface area contributed by atoms with Crippen molar-refractivity contribution in [1.82, 2.24) is 20.4 Å². The van der Waals surface area contributed by atoms with Crippen molar-refractivity contribution in [1.29, 1.82) is 0 Å². The lowest BCUT2D eigenvalue weighted by molar-refractivity contribution is 0.366. The summed E-state index contributed by atoms with van der Waals surface area (Å²) in [7, 11) is 0. The standard InChI is InChI=1S/C13H16N4O/c1-2-11(9-15-5-1)13-16-12(18-17-13)8-10-3-6-14-7-4-10/h3-4,6-7,11,15H,1-2,5,8-9H2. The van der Waals surface area contributed by atoms with E-state index in [2.05, 4.69) is 20.4 Å². The highest BCUT2D eigenvalue weighted by atomic mass is 16.5. The molecule has 1 atom stereocenters. The Labute approximate surface area is 106 Å². The van der Waals surface area contributed by atoms with Crippen molar-refractivity contribution in [3.8, 4) is 0 Å². The average molecular weight is 244 g/mol. The van der Waals surface area contributed by atoms with E-state index in [1.54, 1.807) is 12.4 Å². The maximum absolute atomic E-state index is 5.31. The third-order valence-electron chi connectivity index (χ3n) is 3.25. The van der Waals surface area contributed by atoms with Gasteiger partial charge in [0.15, 0.2) is 5.82 Å². The average Bonchev–Trinajstić information content (AvgIpc) is 2.89. The fraction of sp³-hybridized carbons (Fsp3) is 0.462. The van der Waals surface area contributed by atoms with E-state index in [1.807, 2.05) is 12.1 Å². The van der Waals surface area contributed by atoms with Gasteiger partial charge in [0, 0.05) is 24.9 Å². The zero-order valence-corrected chi connectivity index (χ0v) is 10.2. The Hall–Kier alpha value is -1.75. The molecule has 94 valence electrons. The van der Waals surface area contributed by atoms with Crippen molar-refractivity contribution < 1.29 is 4.52 Å². The zero-order chi connectivity index (χ0) is 12.2. The van der Waals surface area contributed by atoms with Gasteiger partial charge in [-0.2, -0.15) is 4.98 Å². The second kappa shape index (κ2) is 5.27. The molecule has 2 aromatic rings. The monoisotopic (exact) mass is 244 g/mol. The number of nitrogens with one attached hydrogen (secondary N) is 1. The molecule has 1 saturated heterocycles. The van der Waals surface area contributed by atoms with Gasteiger partial charge in [0.2, 0.25) is 5.89 Å². The van der Waals surface area contributed by atoms with E-state index in [0.29, 0.717) is 18.2 Å². The van der Waals surface area contributed by atoms with E-state index < -0.39 is 0 Å². The molecule has 5 nitrogen and oxygen atoms in total. The van der Waals surface area contributed by atoms with Crippen LogP contribution in [0, 0.1) is 0 Å². The molecule has 3 rings (SSSR count). The number of rotatable bonds is 3. The fourth-order valence-corrected chi connectivity index (χ4v) is 2.25. The molecule has 1 aliphatic heterocycles. The normalized spacial score (nSPS) is 19.9. The van der Waals surface area contributed by atoms with Crippen LogP contribution in [-0.2, 0) is 6.42 Å². The molecule has 1 aliphatic rings. The summed E-state index contributed by atoms with van der Waals surface area (Å²) in [5.74, 6) is 1.92. The van der Waals surface area contributed by atoms with Crippen LogP contribution in [0.4, 0.5) is 0 Å². The Balaban J connectivity index is 1.69. The smallest absolute Gasteiger partial charge is 0.231 e. The molecule has 0 radical (unpaired) electrons. The molecule has 0 aliphatic carbocycles. The van der Waals surface area contributed by atoms with Gasteiger partial charge in [0.1, 0.15) is 0 Å². The topological polar surface area (TPSA) is 63.8 Å². The molecule has 2 aromatic heterocycles. The fourth-order valence-electron chi connectivity index (χ4n) is 2.25. The van der Waals surface area contributed by atoms with Gasteiger partial charge in [-0.05, 0) is 37.1 Å². The van der Waals surface area contributed by atoms with Crippen LogP contribution in [0.15, 0.2) is 29.0 Å². The van der Waals surface area contributed by atoms with E-state index in [9.17, 15) is 0 Å². The van der Waals surface area contributed by atoms with Crippen LogP contribution in [0.5, 0.6) is 0 Å². The molecule has 0 amide bonds. The predicted molar refractivity (Wildman–Crippen MR) is 66.2 cm³/mol. The minimum atomic E-state index is 0.397. The van der Waals surface area contributed by atoms with Crippen LogP contribution >= 0.6 is 0 Å². The van der Waals surface area contributed by atoms with Crippen LogP contribution in [0.1, 0.15) is 36.0 Å². The third kappa shape index (κ3) is 2.56. The Bertz CT molecular complexity index is 491. The number of aromatic nitrogens is 3. The van der Waals surface area contributed by atoms with Gasteiger partial charge in [-0.3, -0.25) is 4.98 Å². The first-order valence-electron chi connectivity index (χ1n) is 6.34. The summed E-state index contributed by atoms with van der Waals surface area (Å²) >= 11 is 0. The van der Waals surface area contributed by atoms with Crippen molar-refractivity contribution in [2.45, 2.75) is 25.2 Å². The van der Waals surface area contributed by atoms with E-state index >= 15 is 0 Å². The molecule has 3 heterocycles. The molecule has 5 heteroatoms. The Morgan fingerprint density at radius 2 is 2.22 bits per heavy atom. The van der Waals surface area contributed by atoms with Crippen LogP contribution in [0.25, 0.3) is 0 Å². The molecular formula is C13H16N4O. The highest BCUT2D eigenvalue weighted by Gasteiger charge is 2.20. The van der Waals surface area contributed by atoms with Crippen molar-refractivity contribution >= 4 is 0 Å². The number of pyridine rings is 1. The van der Waals surface area contributed by atoms with Crippen LogP contribution in [-0.4, -0.2) is 28.2 Å². The first-order chi connectivity index (χ1) is 8.92. The minimum Gasteiger partial charge on any atom is -0.339 e. The molecule has 0 bridgehead atoms. The van der Waals surface area contributed by atoms with Crippen LogP contribution in [0.2, 0.25) is 0 Å². The molecule has 0 saturated carbocycles. The van der Waals surface area contributed by atoms with Crippen molar-refractivity contribution in [3.63, 3.8) is 0 Å². The van der Waals surface area contributed by atoms with Gasteiger partial charge < -0.3 is 9.84 Å². The summed E-state index contributed by atoms with van der Waals surface area (Å²) in [6.45, 7) is 2.05. The van der Waals surface area contributed by atoms with Gasteiger partial charge in [0.05, 0.1) is 6.42 Å². The van der Waals surface area contributed by atoms with E-state index in [0.717, 1.165) is 30.9 Å². The van der Waals surface area contributed by atoms with E-state index in [-0.39, 0.29) is 0 Å². The summed E-state index contributed by atoms with van der Waals surface area (Å²) in [5.41, 5.74) is 1.14. The molecule has 18 heavy (non-hydrogen) atoms. The van der Waals surface area contributed by atoms with Gasteiger partial charge in [-0.25, -0.2) is 0 Å². The van der Waals surface area contributed by atoms with Crippen LogP contribution < -0.4 is 5.32 Å². The maximum atomic E-state index is 5.31. The summed E-state index contributed by atoms with van der Waals surface area (Å²) in [5, 5.41) is 7.46. The molecule has 1 unspecified atom stereocenters. The second-order valence-electron chi connectivity index (χ2n) is 4.62. The summed E-state index contributed by atoms with van der Waals surface area (Å²) in [6.07, 6.45) is 6.55. The lowest BCUT2D eigenvalue weighted by Crippen LogP contribution is -2.28. The molecule has 1 N–H and O–H groups in total. The SMILES string of the molecule is c1cc(Cc2nc(C3CCCNC3)no2)ccn1. The summed E-state index contributed by atoms with van der Waals surface area (Å²) in [4.78, 5) is 8.48. The second-order valence-corrected chi connectivity index (χ2v) is 4.62. The molecule has 0 spiro atoms. The quantitative estimate of drug-likeness (QED) is 0.887. The van der Waals surface area contributed by atoms with Crippen LogP contribution in [0.3, 0.4) is 0 Å². The Kier molecular flexibility index (Phi) is 3.32. The number of nitrogens with zero attached hydrogens (tertiary/aromatic N) is 3. The lowest BCUT2D eigenvalue weighted by Gasteiger charge is -2.19. The van der Waals surface area contributed by atoms with Crippen molar-refractivity contribution in [3.05, 3.63) is 41.8 Å². The zero-order valence-electron chi connectivity index (χ0n) is 10.2. The summed E-state index contributed by atoms with van der Waals surface area (Å²) < 4.78 is 5.31. The van der Waals surface area contributed by atoms with E-state index in [1.165, 1.54) is 6.42 Å². The number of hydrogen-bond donors (Lipinski definition) is 1. The maximum Gasteiger partial charge on any atom is 0.231 e. The largest absolute Gasteiger partial charge is 0.339 e. The van der Waals surface area contributed by atoms with Crippen molar-refractivity contribution in [2.75, 3.05) is 13.1 Å². The number of hydrogen-bond acceptors (Lipinski definition) is 5. The lowest BCUT2D eigenvalue weighted by atomic mass is 9.99. The molecule has 1 fully saturated rings. The third-order valence-corrected chi connectivity index (χ3v) is 3.25. The van der Waals surface area contributed by atoms with Crippen molar-refractivity contribution in [2.24, 2.45) is 0 Å². The number of piperidine rings is 1. The first-order valence-corrected chi connectivity index (χ1v) is 6.34. The first kappa shape index (κ1) is 11.3. The van der Waals surface area contributed by atoms with Gasteiger partial charge in [-0.1, -0.05) is 5.16 Å². The predicted octanol–water partition coefficient (Wildman–Crippen LogP) is 1.52. The van der Waals surface area contributed by atoms with Gasteiger partial charge in [0.25, 0.3) is 0 Å². The molecular weight excluding hydrogens is 228 g/mol. The van der Waals surface area contributed by atoms with Gasteiger partial charge in [-0.15, -0.1) is 0 Å². The Morgan fingerprint density at radius 1 is 1.33 bits per heavy atom. The molecule has 0 aromatic carbocycles. The van der Waals surface area contributed by atoms with E-state index in [4.69, 9.17) is 4.52 Å². The minimum absolute atomic E-state index is 0.397. The highest BCUT2D eigenvalue weighted by Crippen LogP contribution is 2.20. The summed E-state index contributed by atoms with van der Waals surface area (Å²) in [6, 6.07) is 3.93. The Morgan fingerprint density at radius 3 is 3.00 bits per heavy atom.